The molecule has 0 aliphatic carbocycles. The predicted octanol–water partition coefficient (Wildman–Crippen LogP) is 0.675. The van der Waals surface area contributed by atoms with Crippen LogP contribution in [0.15, 0.2) is 12.3 Å². The fraction of sp³-hybridized carbons (Fsp3) is 0. The number of halogens is 1. The van der Waals surface area contributed by atoms with Gasteiger partial charge in [-0.3, -0.25) is 0 Å². The van der Waals surface area contributed by atoms with E-state index in [2.05, 4.69) is 4.98 Å². The molecule has 0 spiro atoms. The van der Waals surface area contributed by atoms with Crippen LogP contribution in [0.3, 0.4) is 0 Å². The molecule has 0 aliphatic heterocycles. The zero-order valence-corrected chi connectivity index (χ0v) is 5.00. The summed E-state index contributed by atoms with van der Waals surface area (Å²) in [5.41, 5.74) is 4.87. The number of nitrogens with two attached hydrogens (primary N) is 1. The van der Waals surface area contributed by atoms with Crippen LogP contribution in [0.4, 0.5) is 10.1 Å². The van der Waals surface area contributed by atoms with Crippen molar-refractivity contribution in [1.82, 2.24) is 4.98 Å². The third kappa shape index (κ3) is 0.890. The Morgan fingerprint density at radius 2 is 2.40 bits per heavy atom. The second-order valence-electron chi connectivity index (χ2n) is 1.67. The molecule has 0 aromatic carbocycles. The number of hydrogen-bond acceptors (Lipinski definition) is 3. The number of hydrogen-bond donors (Lipinski definition) is 1. The van der Waals surface area contributed by atoms with Crippen molar-refractivity contribution in [1.29, 1.82) is 5.26 Å². The van der Waals surface area contributed by atoms with Gasteiger partial charge in [-0.05, 0) is 6.07 Å². The summed E-state index contributed by atoms with van der Waals surface area (Å²) in [7, 11) is 0. The van der Waals surface area contributed by atoms with Crippen molar-refractivity contribution in [3.8, 4) is 6.07 Å². The van der Waals surface area contributed by atoms with Crippen molar-refractivity contribution in [3.05, 3.63) is 23.8 Å². The van der Waals surface area contributed by atoms with Gasteiger partial charge in [0, 0.05) is 6.20 Å². The Morgan fingerprint density at radius 1 is 1.70 bits per heavy atom. The Labute approximate surface area is 56.9 Å². The molecular weight excluding hydrogens is 133 g/mol. The average molecular weight is 137 g/mol. The van der Waals surface area contributed by atoms with Crippen molar-refractivity contribution < 1.29 is 4.39 Å². The number of aromatic nitrogens is 1. The summed E-state index contributed by atoms with van der Waals surface area (Å²) in [5.74, 6) is -0.605. The molecule has 0 fully saturated rings. The third-order valence-corrected chi connectivity index (χ3v) is 1.04. The molecule has 1 rings (SSSR count). The summed E-state index contributed by atoms with van der Waals surface area (Å²) in [5, 5.41) is 8.28. The normalized spacial score (nSPS) is 8.80. The number of nitriles is 1. The van der Waals surface area contributed by atoms with Crippen LogP contribution in [-0.2, 0) is 0 Å². The number of nitrogen functional groups attached to an aromatic ring is 1. The molecule has 0 aliphatic rings. The highest BCUT2D eigenvalue weighted by molar-refractivity contribution is 5.49. The van der Waals surface area contributed by atoms with E-state index in [1.165, 1.54) is 6.20 Å². The Bertz CT molecular complexity index is 290. The van der Waals surface area contributed by atoms with E-state index < -0.39 is 5.82 Å². The molecule has 10 heavy (non-hydrogen) atoms. The van der Waals surface area contributed by atoms with E-state index in [1.54, 1.807) is 6.07 Å². The quantitative estimate of drug-likeness (QED) is 0.571. The van der Waals surface area contributed by atoms with Crippen LogP contribution in [0.1, 0.15) is 5.69 Å². The standard InChI is InChI=1S/C6H4FN3/c7-4-1-2-10-5(3-8)6(4)9/h1-2H,9H2. The first-order valence-electron chi connectivity index (χ1n) is 2.56. The highest BCUT2D eigenvalue weighted by Gasteiger charge is 2.02. The van der Waals surface area contributed by atoms with Gasteiger partial charge in [0.1, 0.15) is 11.8 Å². The highest BCUT2D eigenvalue weighted by atomic mass is 19.1. The molecular formula is C6H4FN3. The lowest BCUT2D eigenvalue weighted by Crippen LogP contribution is -1.96. The summed E-state index contributed by atoms with van der Waals surface area (Å²) in [6, 6.07) is 2.77. The summed E-state index contributed by atoms with van der Waals surface area (Å²) < 4.78 is 12.5. The van der Waals surface area contributed by atoms with Crippen molar-refractivity contribution in [2.45, 2.75) is 0 Å². The lowest BCUT2D eigenvalue weighted by Gasteiger charge is -1.94. The van der Waals surface area contributed by atoms with Gasteiger partial charge in [0.2, 0.25) is 0 Å². The second-order valence-corrected chi connectivity index (χ2v) is 1.67. The maximum atomic E-state index is 12.5. The smallest absolute Gasteiger partial charge is 0.166 e. The molecule has 0 unspecified atom stereocenters. The Hall–Kier alpha value is -1.63. The van der Waals surface area contributed by atoms with Crippen LogP contribution in [0.5, 0.6) is 0 Å². The van der Waals surface area contributed by atoms with Gasteiger partial charge in [-0.1, -0.05) is 0 Å². The van der Waals surface area contributed by atoms with Crippen molar-refractivity contribution in [3.63, 3.8) is 0 Å². The van der Waals surface area contributed by atoms with Crippen LogP contribution < -0.4 is 5.73 Å². The maximum absolute atomic E-state index is 12.5. The molecule has 0 saturated heterocycles. The minimum absolute atomic E-state index is 0.0694. The van der Waals surface area contributed by atoms with E-state index in [4.69, 9.17) is 11.0 Å². The molecule has 0 atom stereocenters. The summed E-state index contributed by atoms with van der Waals surface area (Å²) in [6.45, 7) is 0. The topological polar surface area (TPSA) is 62.7 Å². The minimum Gasteiger partial charge on any atom is -0.394 e. The molecule has 3 nitrogen and oxygen atoms in total. The molecule has 0 saturated carbocycles. The number of rotatable bonds is 0. The maximum Gasteiger partial charge on any atom is 0.166 e. The molecule has 1 aromatic heterocycles. The van der Waals surface area contributed by atoms with E-state index in [0.29, 0.717) is 0 Å². The highest BCUT2D eigenvalue weighted by Crippen LogP contribution is 2.10. The van der Waals surface area contributed by atoms with E-state index >= 15 is 0 Å². The van der Waals surface area contributed by atoms with Gasteiger partial charge in [0.25, 0.3) is 0 Å². The number of nitrogens with zero attached hydrogens (tertiary/aromatic N) is 2. The third-order valence-electron chi connectivity index (χ3n) is 1.04. The van der Waals surface area contributed by atoms with Crippen LogP contribution in [0, 0.1) is 17.1 Å². The summed E-state index contributed by atoms with van der Waals surface area (Å²) in [6.07, 6.45) is 1.20. The minimum atomic E-state index is -0.605. The van der Waals surface area contributed by atoms with E-state index in [-0.39, 0.29) is 11.4 Å². The van der Waals surface area contributed by atoms with Gasteiger partial charge in [0.15, 0.2) is 11.5 Å². The van der Waals surface area contributed by atoms with Crippen molar-refractivity contribution in [2.75, 3.05) is 5.73 Å². The predicted molar refractivity (Wildman–Crippen MR) is 33.3 cm³/mol. The first-order chi connectivity index (χ1) is 4.75. The van der Waals surface area contributed by atoms with Gasteiger partial charge in [-0.2, -0.15) is 5.26 Å². The summed E-state index contributed by atoms with van der Waals surface area (Å²) in [4.78, 5) is 3.53. The van der Waals surface area contributed by atoms with Crippen LogP contribution in [0.25, 0.3) is 0 Å². The molecule has 50 valence electrons. The van der Waals surface area contributed by atoms with Crippen molar-refractivity contribution in [2.24, 2.45) is 0 Å². The van der Waals surface area contributed by atoms with Crippen molar-refractivity contribution >= 4 is 5.69 Å². The average Bonchev–Trinajstić information content (AvgIpc) is 1.95. The van der Waals surface area contributed by atoms with Crippen LogP contribution in [0.2, 0.25) is 0 Å². The fourth-order valence-electron chi connectivity index (χ4n) is 0.539. The first kappa shape index (κ1) is 6.49. The van der Waals surface area contributed by atoms with Gasteiger partial charge in [-0.25, -0.2) is 9.37 Å². The molecule has 0 bridgehead atoms. The molecule has 1 heterocycles. The lowest BCUT2D eigenvalue weighted by molar-refractivity contribution is 0.630. The molecule has 2 N–H and O–H groups in total. The fourth-order valence-corrected chi connectivity index (χ4v) is 0.539. The molecule has 4 heteroatoms. The second kappa shape index (κ2) is 2.31. The SMILES string of the molecule is N#Cc1nccc(F)c1N. The molecule has 0 radical (unpaired) electrons. The Kier molecular flexibility index (Phi) is 1.50. The summed E-state index contributed by atoms with van der Waals surface area (Å²) >= 11 is 0. The van der Waals surface area contributed by atoms with Crippen LogP contribution >= 0.6 is 0 Å². The Balaban J connectivity index is 3.31. The molecule has 1 aromatic rings. The zero-order valence-electron chi connectivity index (χ0n) is 5.00. The number of anilines is 1. The van der Waals surface area contributed by atoms with E-state index in [9.17, 15) is 4.39 Å². The molecule has 0 amide bonds. The Morgan fingerprint density at radius 3 is 2.90 bits per heavy atom. The van der Waals surface area contributed by atoms with Crippen LogP contribution in [-0.4, -0.2) is 4.98 Å². The first-order valence-corrected chi connectivity index (χ1v) is 2.56. The van der Waals surface area contributed by atoms with Gasteiger partial charge in [-0.15, -0.1) is 0 Å². The largest absolute Gasteiger partial charge is 0.394 e. The zero-order chi connectivity index (χ0) is 7.56. The lowest BCUT2D eigenvalue weighted by atomic mass is 10.3. The number of pyridine rings is 1. The van der Waals surface area contributed by atoms with Gasteiger partial charge < -0.3 is 5.73 Å². The van der Waals surface area contributed by atoms with E-state index in [0.717, 1.165) is 6.07 Å². The monoisotopic (exact) mass is 137 g/mol. The van der Waals surface area contributed by atoms with E-state index in [1.807, 2.05) is 0 Å². The van der Waals surface area contributed by atoms with Gasteiger partial charge >= 0.3 is 0 Å². The van der Waals surface area contributed by atoms with Gasteiger partial charge in [0.05, 0.1) is 0 Å².